The van der Waals surface area contributed by atoms with E-state index < -0.39 is 0 Å². The number of thiophene rings is 1. The largest absolute Gasteiger partial charge is 0.149 e. The summed E-state index contributed by atoms with van der Waals surface area (Å²) in [5.41, 5.74) is 0. The van der Waals surface area contributed by atoms with Crippen LogP contribution in [0.1, 0.15) is 37.5 Å². The van der Waals surface area contributed by atoms with Gasteiger partial charge in [-0.15, -0.1) is 11.3 Å². The molecule has 0 saturated heterocycles. The molecule has 0 bridgehead atoms. The van der Waals surface area contributed by atoms with E-state index in [1.165, 1.54) is 17.7 Å². The molecule has 1 aromatic heterocycles. The maximum atomic E-state index is 2.30. The summed E-state index contributed by atoms with van der Waals surface area (Å²) in [6, 6.07) is 4.36. The van der Waals surface area contributed by atoms with Crippen LogP contribution >= 0.6 is 11.3 Å². The summed E-state index contributed by atoms with van der Waals surface area (Å²) in [6.07, 6.45) is 2.61. The zero-order valence-corrected chi connectivity index (χ0v) is 7.45. The van der Waals surface area contributed by atoms with Crippen molar-refractivity contribution in [3.05, 3.63) is 22.4 Å². The van der Waals surface area contributed by atoms with Crippen molar-refractivity contribution < 1.29 is 0 Å². The first-order chi connectivity index (χ1) is 4.84. The van der Waals surface area contributed by atoms with Crippen molar-refractivity contribution in [3.8, 4) is 0 Å². The summed E-state index contributed by atoms with van der Waals surface area (Å²) < 4.78 is 0. The minimum Gasteiger partial charge on any atom is -0.149 e. The maximum absolute atomic E-state index is 2.30. The molecule has 0 nitrogen and oxygen atoms in total. The van der Waals surface area contributed by atoms with Crippen LogP contribution in [0.3, 0.4) is 0 Å². The highest BCUT2D eigenvalue weighted by atomic mass is 32.1. The summed E-state index contributed by atoms with van der Waals surface area (Å²) in [4.78, 5) is 1.53. The first kappa shape index (κ1) is 7.80. The van der Waals surface area contributed by atoms with Crippen molar-refractivity contribution in [3.63, 3.8) is 0 Å². The number of hydrogen-bond acceptors (Lipinski definition) is 1. The van der Waals surface area contributed by atoms with Gasteiger partial charge in [0.15, 0.2) is 0 Å². The first-order valence-electron chi connectivity index (χ1n) is 3.88. The van der Waals surface area contributed by atoms with E-state index in [1.807, 2.05) is 11.3 Å². The van der Waals surface area contributed by atoms with Gasteiger partial charge in [-0.25, -0.2) is 0 Å². The lowest BCUT2D eigenvalue weighted by atomic mass is 10.1. The lowest BCUT2D eigenvalue weighted by Gasteiger charge is -2.05. The minimum absolute atomic E-state index is 0.769. The molecule has 1 rings (SSSR count). The second kappa shape index (κ2) is 3.77. The molecule has 0 amide bonds. The van der Waals surface area contributed by atoms with E-state index in [0.717, 1.165) is 5.92 Å². The normalized spacial score (nSPS) is 13.4. The van der Waals surface area contributed by atoms with Crippen LogP contribution in [-0.4, -0.2) is 0 Å². The smallest absolute Gasteiger partial charge is 0.00734 e. The highest BCUT2D eigenvalue weighted by Gasteiger charge is 2.03. The molecule has 0 aromatic carbocycles. The van der Waals surface area contributed by atoms with Gasteiger partial charge >= 0.3 is 0 Å². The van der Waals surface area contributed by atoms with Gasteiger partial charge in [-0.1, -0.05) is 26.3 Å². The molecule has 1 unspecified atom stereocenters. The summed E-state index contributed by atoms with van der Waals surface area (Å²) in [7, 11) is 0. The van der Waals surface area contributed by atoms with E-state index in [2.05, 4.69) is 31.4 Å². The number of rotatable bonds is 3. The fraction of sp³-hybridized carbons (Fsp3) is 0.556. The minimum atomic E-state index is 0.769. The topological polar surface area (TPSA) is 0 Å². The predicted molar refractivity (Wildman–Crippen MR) is 47.6 cm³/mol. The third-order valence-corrected chi connectivity index (χ3v) is 2.85. The molecular formula is C9H14S. The van der Waals surface area contributed by atoms with Crippen LogP contribution in [0.15, 0.2) is 17.5 Å². The molecule has 0 fully saturated rings. The lowest BCUT2D eigenvalue weighted by molar-refractivity contribution is 0.675. The molecule has 1 heteroatoms. The van der Waals surface area contributed by atoms with E-state index in [4.69, 9.17) is 0 Å². The molecule has 10 heavy (non-hydrogen) atoms. The van der Waals surface area contributed by atoms with Crippen LogP contribution in [0.25, 0.3) is 0 Å². The Morgan fingerprint density at radius 1 is 1.60 bits per heavy atom. The van der Waals surface area contributed by atoms with Crippen LogP contribution < -0.4 is 0 Å². The van der Waals surface area contributed by atoms with E-state index in [9.17, 15) is 0 Å². The summed E-state index contributed by atoms with van der Waals surface area (Å²) in [6.45, 7) is 4.54. The molecule has 1 heterocycles. The van der Waals surface area contributed by atoms with Gasteiger partial charge < -0.3 is 0 Å². The molecule has 0 aliphatic carbocycles. The van der Waals surface area contributed by atoms with Gasteiger partial charge in [0.1, 0.15) is 0 Å². The van der Waals surface area contributed by atoms with Gasteiger partial charge in [0.25, 0.3) is 0 Å². The Labute approximate surface area is 66.9 Å². The SMILES string of the molecule is CCCC(C)c1cccs1. The zero-order chi connectivity index (χ0) is 7.40. The van der Waals surface area contributed by atoms with Crippen molar-refractivity contribution in [1.29, 1.82) is 0 Å². The van der Waals surface area contributed by atoms with Crippen molar-refractivity contribution in [2.24, 2.45) is 0 Å². The Bertz CT molecular complexity index is 165. The van der Waals surface area contributed by atoms with Crippen LogP contribution in [0.5, 0.6) is 0 Å². The standard InChI is InChI=1S/C9H14S/c1-3-5-8(2)9-6-4-7-10-9/h4,6-8H,3,5H2,1-2H3. The molecular weight excluding hydrogens is 140 g/mol. The van der Waals surface area contributed by atoms with Crippen molar-refractivity contribution >= 4 is 11.3 Å². The van der Waals surface area contributed by atoms with Gasteiger partial charge in [-0.05, 0) is 23.8 Å². The van der Waals surface area contributed by atoms with Gasteiger partial charge in [-0.2, -0.15) is 0 Å². The predicted octanol–water partition coefficient (Wildman–Crippen LogP) is 3.65. The lowest BCUT2D eigenvalue weighted by Crippen LogP contribution is -1.87. The third-order valence-electron chi connectivity index (χ3n) is 1.75. The highest BCUT2D eigenvalue weighted by Crippen LogP contribution is 2.24. The highest BCUT2D eigenvalue weighted by molar-refractivity contribution is 7.10. The Morgan fingerprint density at radius 3 is 2.90 bits per heavy atom. The van der Waals surface area contributed by atoms with Crippen LogP contribution in [-0.2, 0) is 0 Å². The monoisotopic (exact) mass is 154 g/mol. The van der Waals surface area contributed by atoms with Gasteiger partial charge in [0.2, 0.25) is 0 Å². The van der Waals surface area contributed by atoms with Gasteiger partial charge in [0.05, 0.1) is 0 Å². The Kier molecular flexibility index (Phi) is 2.94. The Balaban J connectivity index is 2.50. The number of hydrogen-bond donors (Lipinski definition) is 0. The Morgan fingerprint density at radius 2 is 2.40 bits per heavy atom. The van der Waals surface area contributed by atoms with E-state index in [1.54, 1.807) is 0 Å². The van der Waals surface area contributed by atoms with E-state index in [-0.39, 0.29) is 0 Å². The third kappa shape index (κ3) is 1.84. The van der Waals surface area contributed by atoms with Crippen LogP contribution in [0.4, 0.5) is 0 Å². The van der Waals surface area contributed by atoms with E-state index in [0.29, 0.717) is 0 Å². The fourth-order valence-corrected chi connectivity index (χ4v) is 1.97. The van der Waals surface area contributed by atoms with Crippen molar-refractivity contribution in [2.45, 2.75) is 32.6 Å². The molecule has 1 aromatic rings. The quantitative estimate of drug-likeness (QED) is 0.623. The molecule has 0 radical (unpaired) electrons. The molecule has 0 N–H and O–H groups in total. The first-order valence-corrected chi connectivity index (χ1v) is 4.76. The second-order valence-electron chi connectivity index (χ2n) is 2.71. The zero-order valence-electron chi connectivity index (χ0n) is 6.63. The average Bonchev–Trinajstić information content (AvgIpc) is 2.38. The van der Waals surface area contributed by atoms with Crippen LogP contribution in [0.2, 0.25) is 0 Å². The van der Waals surface area contributed by atoms with Crippen molar-refractivity contribution in [1.82, 2.24) is 0 Å². The maximum Gasteiger partial charge on any atom is 0.00734 e. The summed E-state index contributed by atoms with van der Waals surface area (Å²) >= 11 is 1.87. The summed E-state index contributed by atoms with van der Waals surface area (Å²) in [5, 5.41) is 2.15. The molecule has 0 spiro atoms. The van der Waals surface area contributed by atoms with Gasteiger partial charge in [-0.3, -0.25) is 0 Å². The molecule has 0 saturated carbocycles. The Hall–Kier alpha value is -0.300. The van der Waals surface area contributed by atoms with Crippen LogP contribution in [0, 0.1) is 0 Å². The molecule has 0 aliphatic heterocycles. The second-order valence-corrected chi connectivity index (χ2v) is 3.68. The van der Waals surface area contributed by atoms with Gasteiger partial charge in [0, 0.05) is 4.88 Å². The summed E-state index contributed by atoms with van der Waals surface area (Å²) in [5.74, 6) is 0.769. The van der Waals surface area contributed by atoms with E-state index >= 15 is 0 Å². The molecule has 56 valence electrons. The fourth-order valence-electron chi connectivity index (χ4n) is 1.15. The molecule has 0 aliphatic rings. The molecule has 1 atom stereocenters. The van der Waals surface area contributed by atoms with Crippen molar-refractivity contribution in [2.75, 3.05) is 0 Å². The average molecular weight is 154 g/mol.